The van der Waals surface area contributed by atoms with Crippen LogP contribution in [0.2, 0.25) is 18.1 Å². The van der Waals surface area contributed by atoms with Gasteiger partial charge >= 0.3 is 0 Å². The quantitative estimate of drug-likeness (QED) is 0.632. The molecule has 2 atom stereocenters. The van der Waals surface area contributed by atoms with Crippen LogP contribution in [-0.2, 0) is 9.16 Å². The average molecular weight is 268 g/mol. The molecular weight excluding hydrogens is 244 g/mol. The largest absolute Gasteiger partial charge is 0.546 e. The second-order valence-electron chi connectivity index (χ2n) is 6.65. The van der Waals surface area contributed by atoms with Gasteiger partial charge in [-0.2, -0.15) is 0 Å². The Morgan fingerprint density at radius 2 is 2.06 bits per heavy atom. The number of hydrogen-bond acceptors (Lipinski definition) is 3. The maximum atomic E-state index is 9.54. The highest BCUT2D eigenvalue weighted by Gasteiger charge is 2.42. The molecule has 2 bridgehead atoms. The summed E-state index contributed by atoms with van der Waals surface area (Å²) >= 11 is 0. The number of aliphatic hydroxyl groups is 1. The van der Waals surface area contributed by atoms with Gasteiger partial charge in [-0.1, -0.05) is 32.9 Å². The Morgan fingerprint density at radius 3 is 2.61 bits per heavy atom. The smallest absolute Gasteiger partial charge is 0.250 e. The zero-order chi connectivity index (χ0) is 13.6. The summed E-state index contributed by atoms with van der Waals surface area (Å²) in [6.07, 6.45) is 4.91. The minimum absolute atomic E-state index is 0.0195. The first-order chi connectivity index (χ1) is 8.24. The van der Waals surface area contributed by atoms with Crippen molar-refractivity contribution in [3.63, 3.8) is 0 Å². The van der Waals surface area contributed by atoms with Gasteiger partial charge in [-0.05, 0) is 18.1 Å². The van der Waals surface area contributed by atoms with E-state index in [0.717, 1.165) is 17.8 Å². The fourth-order valence-electron chi connectivity index (χ4n) is 2.04. The summed E-state index contributed by atoms with van der Waals surface area (Å²) in [6, 6.07) is 0. The number of fused-ring (bicyclic) bond motifs is 2. The van der Waals surface area contributed by atoms with Crippen LogP contribution in [-0.4, -0.2) is 32.2 Å². The Balaban J connectivity index is 2.23. The molecule has 0 saturated heterocycles. The topological polar surface area (TPSA) is 38.7 Å². The van der Waals surface area contributed by atoms with Crippen molar-refractivity contribution in [2.24, 2.45) is 0 Å². The van der Waals surface area contributed by atoms with E-state index in [-0.39, 0.29) is 23.9 Å². The molecule has 2 aliphatic heterocycles. The van der Waals surface area contributed by atoms with E-state index >= 15 is 0 Å². The van der Waals surface area contributed by atoms with Crippen LogP contribution in [0, 0.1) is 0 Å². The van der Waals surface area contributed by atoms with E-state index in [9.17, 15) is 5.11 Å². The van der Waals surface area contributed by atoms with E-state index in [4.69, 9.17) is 9.16 Å². The molecule has 0 aliphatic carbocycles. The number of ether oxygens (including phenoxy) is 1. The Morgan fingerprint density at radius 1 is 1.39 bits per heavy atom. The van der Waals surface area contributed by atoms with Gasteiger partial charge in [-0.25, -0.2) is 0 Å². The van der Waals surface area contributed by atoms with Gasteiger partial charge in [0.15, 0.2) is 0 Å². The van der Waals surface area contributed by atoms with E-state index in [1.54, 1.807) is 0 Å². The Labute approximate surface area is 111 Å². The molecule has 0 aromatic heterocycles. The molecule has 0 aromatic carbocycles. The average Bonchev–Trinajstić information content (AvgIpc) is 2.59. The molecule has 0 unspecified atom stereocenters. The molecule has 0 fully saturated rings. The number of hydrogen-bond donors (Lipinski definition) is 1. The maximum Gasteiger partial charge on any atom is 0.250 e. The van der Waals surface area contributed by atoms with E-state index < -0.39 is 8.32 Å². The van der Waals surface area contributed by atoms with Crippen LogP contribution in [0.4, 0.5) is 0 Å². The second kappa shape index (κ2) is 4.51. The lowest BCUT2D eigenvalue weighted by atomic mass is 10.1. The standard InChI is InChI=1S/C14H24O3Si/c1-14(2,3)18(4,5)17-13-8-10-6-7-12(16-10)11(13)9-15/h6-7,10,12,15H,8-9H2,1-5H3/t10-,12+/m1/s1. The molecule has 2 rings (SSSR count). The highest BCUT2D eigenvalue weighted by molar-refractivity contribution is 6.74. The molecule has 102 valence electrons. The van der Waals surface area contributed by atoms with Crippen LogP contribution in [0.15, 0.2) is 23.5 Å². The van der Waals surface area contributed by atoms with Gasteiger partial charge in [-0.15, -0.1) is 0 Å². The first-order valence-corrected chi connectivity index (χ1v) is 9.51. The van der Waals surface area contributed by atoms with Crippen LogP contribution in [0.25, 0.3) is 0 Å². The fourth-order valence-corrected chi connectivity index (χ4v) is 3.17. The predicted octanol–water partition coefficient (Wildman–Crippen LogP) is 2.98. The highest BCUT2D eigenvalue weighted by atomic mass is 28.4. The van der Waals surface area contributed by atoms with Gasteiger partial charge < -0.3 is 14.3 Å². The third-order valence-corrected chi connectivity index (χ3v) is 8.63. The summed E-state index contributed by atoms with van der Waals surface area (Å²) in [6.45, 7) is 11.2. The Hall–Kier alpha value is -0.583. The van der Waals surface area contributed by atoms with Crippen molar-refractivity contribution in [2.45, 2.75) is 57.5 Å². The van der Waals surface area contributed by atoms with Gasteiger partial charge in [0, 0.05) is 12.0 Å². The van der Waals surface area contributed by atoms with E-state index in [0.29, 0.717) is 0 Å². The number of rotatable bonds is 3. The summed E-state index contributed by atoms with van der Waals surface area (Å²) in [5.74, 6) is 0.968. The molecule has 0 saturated carbocycles. The number of aliphatic hydroxyl groups excluding tert-OH is 1. The molecule has 0 aromatic rings. The first-order valence-electron chi connectivity index (χ1n) is 6.60. The van der Waals surface area contributed by atoms with Crippen molar-refractivity contribution in [3.05, 3.63) is 23.5 Å². The zero-order valence-electron chi connectivity index (χ0n) is 12.0. The lowest BCUT2D eigenvalue weighted by molar-refractivity contribution is 0.0472. The third kappa shape index (κ3) is 2.42. The minimum atomic E-state index is -1.83. The normalized spacial score (nSPS) is 27.9. The van der Waals surface area contributed by atoms with Gasteiger partial charge in [0.05, 0.1) is 18.5 Å². The molecule has 0 amide bonds. The Kier molecular flexibility index (Phi) is 3.47. The van der Waals surface area contributed by atoms with Crippen molar-refractivity contribution in [1.82, 2.24) is 0 Å². The van der Waals surface area contributed by atoms with E-state index in [2.05, 4.69) is 39.9 Å². The van der Waals surface area contributed by atoms with Gasteiger partial charge in [0.2, 0.25) is 8.32 Å². The minimum Gasteiger partial charge on any atom is -0.546 e. The molecule has 1 N–H and O–H groups in total. The molecule has 0 radical (unpaired) electrons. The summed E-state index contributed by atoms with van der Waals surface area (Å²) in [4.78, 5) is 0. The summed E-state index contributed by atoms with van der Waals surface area (Å²) in [5, 5.41) is 9.72. The van der Waals surface area contributed by atoms with Gasteiger partial charge in [0.1, 0.15) is 6.10 Å². The Bertz CT molecular complexity index is 390. The van der Waals surface area contributed by atoms with Gasteiger partial charge in [-0.3, -0.25) is 0 Å². The molecular formula is C14H24O3Si. The van der Waals surface area contributed by atoms with Crippen molar-refractivity contribution in [2.75, 3.05) is 6.61 Å². The van der Waals surface area contributed by atoms with Crippen molar-refractivity contribution < 1.29 is 14.3 Å². The lowest BCUT2D eigenvalue weighted by Crippen LogP contribution is -2.42. The van der Waals surface area contributed by atoms with Crippen molar-refractivity contribution in [3.8, 4) is 0 Å². The first kappa shape index (κ1) is 13.8. The fraction of sp³-hybridized carbons (Fsp3) is 0.714. The van der Waals surface area contributed by atoms with E-state index in [1.807, 2.05) is 6.08 Å². The van der Waals surface area contributed by atoms with Crippen LogP contribution in [0.3, 0.4) is 0 Å². The zero-order valence-corrected chi connectivity index (χ0v) is 13.0. The lowest BCUT2D eigenvalue weighted by Gasteiger charge is -2.39. The predicted molar refractivity (Wildman–Crippen MR) is 74.8 cm³/mol. The molecule has 4 heteroatoms. The van der Waals surface area contributed by atoms with Crippen LogP contribution < -0.4 is 0 Å². The summed E-state index contributed by atoms with van der Waals surface area (Å²) in [5.41, 5.74) is 0.907. The van der Waals surface area contributed by atoms with Crippen LogP contribution in [0.5, 0.6) is 0 Å². The monoisotopic (exact) mass is 268 g/mol. The van der Waals surface area contributed by atoms with Crippen LogP contribution >= 0.6 is 0 Å². The molecule has 18 heavy (non-hydrogen) atoms. The van der Waals surface area contributed by atoms with Gasteiger partial charge in [0.25, 0.3) is 0 Å². The van der Waals surface area contributed by atoms with Crippen LogP contribution in [0.1, 0.15) is 27.2 Å². The highest BCUT2D eigenvalue weighted by Crippen LogP contribution is 2.41. The third-order valence-electron chi connectivity index (χ3n) is 4.27. The van der Waals surface area contributed by atoms with Crippen molar-refractivity contribution in [1.29, 1.82) is 0 Å². The molecule has 2 heterocycles. The summed E-state index contributed by atoms with van der Waals surface area (Å²) < 4.78 is 12.1. The van der Waals surface area contributed by atoms with Crippen molar-refractivity contribution >= 4 is 8.32 Å². The maximum absolute atomic E-state index is 9.54. The van der Waals surface area contributed by atoms with E-state index in [1.165, 1.54) is 0 Å². The molecule has 3 nitrogen and oxygen atoms in total. The summed E-state index contributed by atoms with van der Waals surface area (Å²) in [7, 11) is -1.83. The molecule has 2 aliphatic rings. The molecule has 0 spiro atoms. The second-order valence-corrected chi connectivity index (χ2v) is 11.4. The SMILES string of the molecule is CC(C)(C)[Si](C)(C)OC1=C(CO)[C@@H]2C=C[C@H](C1)O2.